The first-order chi connectivity index (χ1) is 27.8. The molecule has 2 heteroatoms. The van der Waals surface area contributed by atoms with Gasteiger partial charge in [0.05, 0.1) is 16.8 Å². The summed E-state index contributed by atoms with van der Waals surface area (Å²) in [4.78, 5) is 5.24. The molecule has 0 N–H and O–H groups in total. The Hall–Kier alpha value is -7.29. The number of nitrogens with zero attached hydrogens (tertiary/aromatic N) is 1. The average molecular weight is 714 g/mol. The monoisotopic (exact) mass is 713 g/mol. The van der Waals surface area contributed by atoms with E-state index in [0.717, 1.165) is 66.7 Å². The molecule has 8 aromatic carbocycles. The van der Waals surface area contributed by atoms with E-state index in [1.807, 2.05) is 6.07 Å². The molecule has 2 nitrogen and oxygen atoms in total. The van der Waals surface area contributed by atoms with Crippen molar-refractivity contribution in [2.24, 2.45) is 0 Å². The third-order valence-electron chi connectivity index (χ3n) is 11.5. The van der Waals surface area contributed by atoms with E-state index in [1.54, 1.807) is 0 Å². The molecule has 2 heterocycles. The Labute approximate surface area is 326 Å². The fraction of sp³-hybridized carbons (Fsp3) is 0.0185. The van der Waals surface area contributed by atoms with Gasteiger partial charge in [-0.05, 0) is 92.0 Å². The van der Waals surface area contributed by atoms with Gasteiger partial charge in [0.1, 0.15) is 11.2 Å². The van der Waals surface area contributed by atoms with Crippen molar-refractivity contribution in [1.82, 2.24) is 4.98 Å². The first-order valence-corrected chi connectivity index (χ1v) is 19.2. The number of hydrogen-bond donors (Lipinski definition) is 0. The minimum Gasteiger partial charge on any atom is -0.456 e. The predicted molar refractivity (Wildman–Crippen MR) is 231 cm³/mol. The highest BCUT2D eigenvalue weighted by Gasteiger charge is 2.46. The molecule has 0 saturated carbocycles. The summed E-state index contributed by atoms with van der Waals surface area (Å²) in [5.41, 5.74) is 17.4. The van der Waals surface area contributed by atoms with E-state index >= 15 is 0 Å². The summed E-state index contributed by atoms with van der Waals surface area (Å²) in [6.45, 7) is 0. The van der Waals surface area contributed by atoms with E-state index in [2.05, 4.69) is 206 Å². The maximum Gasteiger partial charge on any atom is 0.136 e. The smallest absolute Gasteiger partial charge is 0.136 e. The van der Waals surface area contributed by atoms with Crippen LogP contribution in [-0.2, 0) is 5.41 Å². The Morgan fingerprint density at radius 1 is 0.339 bits per heavy atom. The molecule has 262 valence electrons. The highest BCUT2D eigenvalue weighted by Crippen LogP contribution is 2.57. The zero-order valence-corrected chi connectivity index (χ0v) is 30.6. The van der Waals surface area contributed by atoms with Gasteiger partial charge in [0.15, 0.2) is 0 Å². The van der Waals surface area contributed by atoms with Crippen LogP contribution >= 0.6 is 0 Å². The van der Waals surface area contributed by atoms with Crippen LogP contribution in [0.15, 0.2) is 217 Å². The van der Waals surface area contributed by atoms with Crippen LogP contribution in [0, 0.1) is 0 Å². The molecule has 56 heavy (non-hydrogen) atoms. The molecule has 0 saturated heterocycles. The summed E-state index contributed by atoms with van der Waals surface area (Å²) in [7, 11) is 0. The van der Waals surface area contributed by atoms with Gasteiger partial charge in [-0.2, -0.15) is 0 Å². The zero-order valence-electron chi connectivity index (χ0n) is 30.6. The van der Waals surface area contributed by atoms with Crippen LogP contribution in [0.3, 0.4) is 0 Å². The number of aromatic nitrogens is 1. The highest BCUT2D eigenvalue weighted by atomic mass is 16.3. The topological polar surface area (TPSA) is 26.0 Å². The molecule has 0 aliphatic heterocycles. The lowest BCUT2D eigenvalue weighted by Gasteiger charge is -2.33. The first-order valence-electron chi connectivity index (χ1n) is 19.2. The number of rotatable bonds is 6. The van der Waals surface area contributed by atoms with E-state index in [9.17, 15) is 0 Å². The molecule has 0 amide bonds. The third-order valence-corrected chi connectivity index (χ3v) is 11.5. The van der Waals surface area contributed by atoms with Crippen molar-refractivity contribution in [2.75, 3.05) is 0 Å². The third kappa shape index (κ3) is 5.00. The summed E-state index contributed by atoms with van der Waals surface area (Å²) < 4.78 is 6.84. The molecule has 1 aliphatic carbocycles. The highest BCUT2D eigenvalue weighted by molar-refractivity contribution is 6.14. The van der Waals surface area contributed by atoms with Crippen molar-refractivity contribution in [1.29, 1.82) is 0 Å². The predicted octanol–water partition coefficient (Wildman–Crippen LogP) is 14.0. The fourth-order valence-corrected chi connectivity index (χ4v) is 9.08. The second kappa shape index (κ2) is 12.9. The summed E-state index contributed by atoms with van der Waals surface area (Å²) in [6.07, 6.45) is 0. The van der Waals surface area contributed by atoms with E-state index in [0.29, 0.717) is 0 Å². The first kappa shape index (κ1) is 32.2. The van der Waals surface area contributed by atoms with Crippen LogP contribution in [-0.4, -0.2) is 4.98 Å². The molecule has 0 bridgehead atoms. The van der Waals surface area contributed by atoms with Gasteiger partial charge in [-0.3, -0.25) is 0 Å². The average Bonchev–Trinajstić information content (AvgIpc) is 3.79. The molecule has 10 aromatic rings. The van der Waals surface area contributed by atoms with Crippen LogP contribution in [0.2, 0.25) is 0 Å². The van der Waals surface area contributed by atoms with Crippen LogP contribution in [0.4, 0.5) is 0 Å². The van der Waals surface area contributed by atoms with Gasteiger partial charge in [0.25, 0.3) is 0 Å². The second-order valence-corrected chi connectivity index (χ2v) is 14.6. The van der Waals surface area contributed by atoms with Gasteiger partial charge in [-0.25, -0.2) is 4.98 Å². The Kier molecular flexibility index (Phi) is 7.43. The standard InChI is InChI=1S/C54H35NO/c1-5-17-36(18-6-1)40-32-49(37-19-7-2-8-20-37)55-50(33-40)39-22-15-21-38(31-39)43-28-16-30-51-53(43)46-34-45-44-27-13-14-29-47(44)54(41-23-9-3-10-24-41,42-25-11-4-12-26-42)48(45)35-52(46)56-51/h1-35H. The number of fused-ring (bicyclic) bond motifs is 6. The van der Waals surface area contributed by atoms with Crippen molar-refractivity contribution in [3.63, 3.8) is 0 Å². The molecular formula is C54H35NO. The minimum absolute atomic E-state index is 0.487. The van der Waals surface area contributed by atoms with Crippen molar-refractivity contribution in [3.05, 3.63) is 235 Å². The van der Waals surface area contributed by atoms with Crippen molar-refractivity contribution < 1.29 is 4.42 Å². The molecular weight excluding hydrogens is 679 g/mol. The quantitative estimate of drug-likeness (QED) is 0.171. The van der Waals surface area contributed by atoms with Gasteiger partial charge in [-0.15, -0.1) is 0 Å². The maximum atomic E-state index is 6.84. The largest absolute Gasteiger partial charge is 0.456 e. The number of benzene rings is 8. The van der Waals surface area contributed by atoms with Gasteiger partial charge < -0.3 is 4.42 Å². The Balaban J connectivity index is 1.11. The van der Waals surface area contributed by atoms with E-state index in [-0.39, 0.29) is 0 Å². The summed E-state index contributed by atoms with van der Waals surface area (Å²) >= 11 is 0. The van der Waals surface area contributed by atoms with Crippen LogP contribution in [0.25, 0.3) is 77.8 Å². The number of furan rings is 1. The van der Waals surface area contributed by atoms with Crippen LogP contribution in [0.5, 0.6) is 0 Å². The maximum absolute atomic E-state index is 6.84. The molecule has 0 fully saturated rings. The number of hydrogen-bond acceptors (Lipinski definition) is 2. The summed E-state index contributed by atoms with van der Waals surface area (Å²) in [5.74, 6) is 0. The van der Waals surface area contributed by atoms with Gasteiger partial charge in [0, 0.05) is 21.9 Å². The molecule has 11 rings (SSSR count). The van der Waals surface area contributed by atoms with E-state index < -0.39 is 5.41 Å². The Bertz CT molecular complexity index is 2960. The molecule has 1 aliphatic rings. The fourth-order valence-electron chi connectivity index (χ4n) is 9.08. The molecule has 0 radical (unpaired) electrons. The van der Waals surface area contributed by atoms with Crippen molar-refractivity contribution in [3.8, 4) is 55.9 Å². The molecule has 0 spiro atoms. The van der Waals surface area contributed by atoms with Gasteiger partial charge in [0.2, 0.25) is 0 Å². The molecule has 0 unspecified atom stereocenters. The van der Waals surface area contributed by atoms with E-state index in [1.165, 1.54) is 33.4 Å². The number of pyridine rings is 1. The van der Waals surface area contributed by atoms with Crippen molar-refractivity contribution >= 4 is 21.9 Å². The van der Waals surface area contributed by atoms with E-state index in [4.69, 9.17) is 9.40 Å². The summed E-state index contributed by atoms with van der Waals surface area (Å²) in [6, 6.07) is 76.1. The Morgan fingerprint density at radius 2 is 0.893 bits per heavy atom. The Morgan fingerprint density at radius 3 is 1.61 bits per heavy atom. The summed E-state index contributed by atoms with van der Waals surface area (Å²) in [5, 5.41) is 2.23. The van der Waals surface area contributed by atoms with Crippen molar-refractivity contribution in [2.45, 2.75) is 5.41 Å². The normalized spacial score (nSPS) is 12.8. The molecule has 0 atom stereocenters. The van der Waals surface area contributed by atoms with Gasteiger partial charge >= 0.3 is 0 Å². The SMILES string of the molecule is c1ccc(-c2cc(-c3ccccc3)nc(-c3cccc(-c4cccc5oc6cc7c(cc6c45)-c4ccccc4C7(c4ccccc4)c4ccccc4)c3)c2)cc1. The lowest BCUT2D eigenvalue weighted by molar-refractivity contribution is 0.666. The lowest BCUT2D eigenvalue weighted by Crippen LogP contribution is -2.28. The molecule has 2 aromatic heterocycles. The van der Waals surface area contributed by atoms with Gasteiger partial charge in [-0.1, -0.05) is 176 Å². The minimum atomic E-state index is -0.487. The van der Waals surface area contributed by atoms with Crippen LogP contribution < -0.4 is 0 Å². The zero-order chi connectivity index (χ0) is 37.1. The lowest BCUT2D eigenvalue weighted by atomic mass is 9.67. The van der Waals surface area contributed by atoms with Crippen LogP contribution in [0.1, 0.15) is 22.3 Å². The second-order valence-electron chi connectivity index (χ2n) is 14.6.